The second-order valence-electron chi connectivity index (χ2n) is 6.24. The maximum absolute atomic E-state index is 12.9. The highest BCUT2D eigenvalue weighted by molar-refractivity contribution is 7.91. The summed E-state index contributed by atoms with van der Waals surface area (Å²) >= 11 is 6.23. The lowest BCUT2D eigenvalue weighted by Crippen LogP contribution is -2.22. The van der Waals surface area contributed by atoms with Crippen molar-refractivity contribution in [1.29, 1.82) is 0 Å². The van der Waals surface area contributed by atoms with Gasteiger partial charge in [-0.25, -0.2) is 8.42 Å². The Bertz CT molecular complexity index is 1140. The van der Waals surface area contributed by atoms with Gasteiger partial charge in [-0.3, -0.25) is 0 Å². The molecule has 4 rings (SSSR count). The largest absolute Gasteiger partial charge is 0.459 e. The van der Waals surface area contributed by atoms with Gasteiger partial charge < -0.3 is 9.73 Å². The molecular formula is C18H13ClF3NO3S. The minimum atomic E-state index is -4.53. The van der Waals surface area contributed by atoms with Crippen LogP contribution < -0.4 is 5.32 Å². The Morgan fingerprint density at radius 1 is 1.07 bits per heavy atom. The predicted octanol–water partition coefficient (Wildman–Crippen LogP) is 4.58. The van der Waals surface area contributed by atoms with Gasteiger partial charge in [0.25, 0.3) is 0 Å². The lowest BCUT2D eigenvalue weighted by Gasteiger charge is -2.11. The van der Waals surface area contributed by atoms with Gasteiger partial charge in [-0.05, 0) is 36.4 Å². The molecule has 0 amide bonds. The summed E-state index contributed by atoms with van der Waals surface area (Å²) in [5.74, 6) is 0.759. The van der Waals surface area contributed by atoms with E-state index < -0.39 is 21.6 Å². The predicted molar refractivity (Wildman–Crippen MR) is 93.5 cm³/mol. The zero-order chi connectivity index (χ0) is 19.4. The van der Waals surface area contributed by atoms with E-state index in [1.807, 2.05) is 0 Å². The Labute approximate surface area is 157 Å². The molecule has 0 radical (unpaired) electrons. The fourth-order valence-corrected chi connectivity index (χ4v) is 4.79. The van der Waals surface area contributed by atoms with Crippen molar-refractivity contribution >= 4 is 32.4 Å². The molecule has 142 valence electrons. The number of alkyl halides is 3. The average Bonchev–Trinajstić information content (AvgIpc) is 3.01. The summed E-state index contributed by atoms with van der Waals surface area (Å²) in [6.07, 6.45) is -3.87. The van der Waals surface area contributed by atoms with Gasteiger partial charge >= 0.3 is 6.18 Å². The van der Waals surface area contributed by atoms with Crippen molar-refractivity contribution in [1.82, 2.24) is 5.32 Å². The molecule has 1 aliphatic heterocycles. The molecule has 0 spiro atoms. The molecule has 0 unspecified atom stereocenters. The summed E-state index contributed by atoms with van der Waals surface area (Å²) in [4.78, 5) is -0.324. The van der Waals surface area contributed by atoms with Gasteiger partial charge in [0.2, 0.25) is 9.84 Å². The minimum absolute atomic E-state index is 0.0890. The van der Waals surface area contributed by atoms with Crippen LogP contribution in [0.15, 0.2) is 50.6 Å². The normalized spacial score (nSPS) is 15.1. The SMILES string of the molecule is O=S(=O)(c1ccc(C(F)(F)F)cc1)c1cc(Cl)c2oc3c(c2c1)CNCC3. The van der Waals surface area contributed by atoms with Gasteiger partial charge in [-0.1, -0.05) is 11.6 Å². The van der Waals surface area contributed by atoms with Gasteiger partial charge in [-0.2, -0.15) is 13.2 Å². The molecule has 2 aromatic carbocycles. The van der Waals surface area contributed by atoms with E-state index in [2.05, 4.69) is 5.32 Å². The molecule has 27 heavy (non-hydrogen) atoms. The summed E-state index contributed by atoms with van der Waals surface area (Å²) in [5, 5.41) is 3.93. The quantitative estimate of drug-likeness (QED) is 0.665. The van der Waals surface area contributed by atoms with Crippen LogP contribution in [0.1, 0.15) is 16.9 Å². The number of hydrogen-bond acceptors (Lipinski definition) is 4. The molecule has 4 nitrogen and oxygen atoms in total. The second kappa shape index (κ2) is 6.25. The van der Waals surface area contributed by atoms with Crippen LogP contribution in [0.25, 0.3) is 11.0 Å². The molecule has 0 aliphatic carbocycles. The second-order valence-corrected chi connectivity index (χ2v) is 8.59. The highest BCUT2D eigenvalue weighted by Crippen LogP contribution is 2.37. The molecule has 0 saturated heterocycles. The molecule has 2 heterocycles. The van der Waals surface area contributed by atoms with Crippen LogP contribution in [0.3, 0.4) is 0 Å². The zero-order valence-electron chi connectivity index (χ0n) is 13.7. The number of fused-ring (bicyclic) bond motifs is 3. The molecule has 0 atom stereocenters. The number of furan rings is 1. The fourth-order valence-electron chi connectivity index (χ4n) is 3.16. The first-order chi connectivity index (χ1) is 12.7. The van der Waals surface area contributed by atoms with Crippen LogP contribution in [0, 0.1) is 0 Å². The highest BCUT2D eigenvalue weighted by atomic mass is 35.5. The fraction of sp³-hybridized carbons (Fsp3) is 0.222. The van der Waals surface area contributed by atoms with Crippen LogP contribution in [0.2, 0.25) is 5.02 Å². The van der Waals surface area contributed by atoms with E-state index in [0.717, 1.165) is 42.1 Å². The summed E-state index contributed by atoms with van der Waals surface area (Å²) in [6.45, 7) is 1.28. The zero-order valence-corrected chi connectivity index (χ0v) is 15.3. The van der Waals surface area contributed by atoms with E-state index in [-0.39, 0.29) is 14.8 Å². The average molecular weight is 416 g/mol. The van der Waals surface area contributed by atoms with Crippen molar-refractivity contribution in [3.8, 4) is 0 Å². The Morgan fingerprint density at radius 3 is 2.44 bits per heavy atom. The number of hydrogen-bond donors (Lipinski definition) is 1. The van der Waals surface area contributed by atoms with Crippen molar-refractivity contribution in [2.75, 3.05) is 6.54 Å². The summed E-state index contributed by atoms with van der Waals surface area (Å²) in [6, 6.07) is 6.11. The summed E-state index contributed by atoms with van der Waals surface area (Å²) < 4.78 is 69.7. The number of sulfone groups is 1. The Morgan fingerprint density at radius 2 is 1.78 bits per heavy atom. The van der Waals surface area contributed by atoms with Gasteiger partial charge in [-0.15, -0.1) is 0 Å². The van der Waals surface area contributed by atoms with E-state index in [1.165, 1.54) is 12.1 Å². The first-order valence-corrected chi connectivity index (χ1v) is 9.91. The molecule has 1 N–H and O–H groups in total. The summed E-state index contributed by atoms with van der Waals surface area (Å²) in [7, 11) is -4.03. The molecule has 1 aliphatic rings. The number of halogens is 4. The Kier molecular flexibility index (Phi) is 4.25. The maximum Gasteiger partial charge on any atom is 0.416 e. The summed E-state index contributed by atoms with van der Waals surface area (Å²) in [5.41, 5.74) is 0.351. The van der Waals surface area contributed by atoms with Crippen LogP contribution in [0.5, 0.6) is 0 Å². The van der Waals surface area contributed by atoms with E-state index in [1.54, 1.807) is 0 Å². The Balaban J connectivity index is 1.83. The third-order valence-electron chi connectivity index (χ3n) is 4.54. The third kappa shape index (κ3) is 3.11. The molecule has 0 saturated carbocycles. The third-order valence-corrected chi connectivity index (χ3v) is 6.57. The Hall–Kier alpha value is -2.03. The van der Waals surface area contributed by atoms with Crippen molar-refractivity contribution < 1.29 is 26.0 Å². The lowest BCUT2D eigenvalue weighted by atomic mass is 10.1. The van der Waals surface area contributed by atoms with E-state index in [0.29, 0.717) is 23.9 Å². The molecule has 9 heteroatoms. The van der Waals surface area contributed by atoms with Crippen molar-refractivity contribution in [2.45, 2.75) is 28.9 Å². The molecule has 0 bridgehead atoms. The lowest BCUT2D eigenvalue weighted by molar-refractivity contribution is -0.137. The van der Waals surface area contributed by atoms with Gasteiger partial charge in [0.05, 0.1) is 20.4 Å². The smallest absolute Gasteiger partial charge is 0.416 e. The van der Waals surface area contributed by atoms with Crippen LogP contribution in [0.4, 0.5) is 13.2 Å². The number of nitrogens with one attached hydrogen (secondary N) is 1. The van der Waals surface area contributed by atoms with E-state index >= 15 is 0 Å². The van der Waals surface area contributed by atoms with Gasteiger partial charge in [0.15, 0.2) is 5.58 Å². The number of rotatable bonds is 2. The maximum atomic E-state index is 12.9. The minimum Gasteiger partial charge on any atom is -0.459 e. The van der Waals surface area contributed by atoms with Crippen LogP contribution in [-0.2, 0) is 29.0 Å². The molecule has 0 fully saturated rings. The first kappa shape index (κ1) is 18.3. The standard InChI is InChI=1S/C18H13ClF3NO3S/c19-15-8-12(7-13-14-9-23-6-5-16(14)26-17(13)15)27(24,25)11-3-1-10(2-4-11)18(20,21)22/h1-4,7-8,23H,5-6,9H2. The van der Waals surface area contributed by atoms with Crippen molar-refractivity contribution in [3.05, 3.63) is 58.3 Å². The first-order valence-electron chi connectivity index (χ1n) is 8.05. The topological polar surface area (TPSA) is 59.3 Å². The van der Waals surface area contributed by atoms with Crippen molar-refractivity contribution in [3.63, 3.8) is 0 Å². The van der Waals surface area contributed by atoms with Crippen LogP contribution >= 0.6 is 11.6 Å². The van der Waals surface area contributed by atoms with Crippen molar-refractivity contribution in [2.24, 2.45) is 0 Å². The molecular weight excluding hydrogens is 403 g/mol. The van der Waals surface area contributed by atoms with Gasteiger partial charge in [0.1, 0.15) is 5.76 Å². The molecule has 3 aromatic rings. The number of benzene rings is 2. The monoisotopic (exact) mass is 415 g/mol. The van der Waals surface area contributed by atoms with Gasteiger partial charge in [0, 0.05) is 30.5 Å². The molecule has 1 aromatic heterocycles. The van der Waals surface area contributed by atoms with E-state index in [4.69, 9.17) is 16.0 Å². The van der Waals surface area contributed by atoms with Crippen LogP contribution in [-0.4, -0.2) is 15.0 Å². The highest BCUT2D eigenvalue weighted by Gasteiger charge is 2.31. The van der Waals surface area contributed by atoms with E-state index in [9.17, 15) is 21.6 Å².